The lowest BCUT2D eigenvalue weighted by molar-refractivity contribution is -0.118. The van der Waals surface area contributed by atoms with Crippen LogP contribution < -0.4 is 29.6 Å². The maximum atomic E-state index is 11.0. The normalized spacial score (nSPS) is 10.5. The van der Waals surface area contributed by atoms with Crippen molar-refractivity contribution in [3.8, 4) is 40.7 Å². The summed E-state index contributed by atoms with van der Waals surface area (Å²) < 4.78 is 22.7. The van der Waals surface area contributed by atoms with E-state index in [2.05, 4.69) is 58.7 Å². The van der Waals surface area contributed by atoms with Gasteiger partial charge in [-0.05, 0) is 59.4 Å². The predicted molar refractivity (Wildman–Crippen MR) is 167 cm³/mol. The van der Waals surface area contributed by atoms with E-state index in [-0.39, 0.29) is 11.8 Å². The van der Waals surface area contributed by atoms with E-state index in [9.17, 15) is 10.1 Å². The number of rotatable bonds is 14. The van der Waals surface area contributed by atoms with E-state index in [0.29, 0.717) is 56.1 Å². The van der Waals surface area contributed by atoms with Gasteiger partial charge in [-0.2, -0.15) is 15.2 Å². The number of nitriles is 1. The van der Waals surface area contributed by atoms with E-state index >= 15 is 0 Å². The minimum Gasteiger partial charge on any atom is -0.481 e. The van der Waals surface area contributed by atoms with Crippen molar-refractivity contribution in [2.24, 2.45) is 0 Å². The highest BCUT2D eigenvalue weighted by atomic mass is 16.5. The van der Waals surface area contributed by atoms with E-state index in [0.717, 1.165) is 38.9 Å². The highest BCUT2D eigenvalue weighted by Gasteiger charge is 2.14. The molecule has 2 aromatic heterocycles. The fourth-order valence-electron chi connectivity index (χ4n) is 4.71. The zero-order chi connectivity index (χ0) is 31.5. The van der Waals surface area contributed by atoms with Crippen molar-refractivity contribution >= 4 is 5.91 Å². The van der Waals surface area contributed by atoms with Gasteiger partial charge in [-0.3, -0.25) is 4.79 Å². The van der Waals surface area contributed by atoms with Crippen LogP contribution in [0.2, 0.25) is 0 Å². The third kappa shape index (κ3) is 8.02. The second-order valence-electron chi connectivity index (χ2n) is 10.1. The number of methoxy groups -OCH3 is 2. The number of amides is 1. The van der Waals surface area contributed by atoms with Gasteiger partial charge >= 0.3 is 0 Å². The molecule has 0 saturated carbocycles. The standard InChI is InChI=1S/C34H37N5O5/c1-22-27(20-43-31-14-12-25(18-35)33(38-31)41-4)8-6-10-29(22)30-11-7-9-28(23(30)2)21-44-32-15-13-26(34(39-32)42-5)19-36-16-17-37-24(3)40/h6-15,36H,16-17,19-21H2,1-5H3,(H,37,40). The molecule has 1 amide bonds. The Balaban J connectivity index is 1.43. The van der Waals surface area contributed by atoms with E-state index in [1.165, 1.54) is 14.0 Å². The molecule has 4 rings (SSSR count). The van der Waals surface area contributed by atoms with Crippen LogP contribution in [0.4, 0.5) is 0 Å². The molecule has 10 nitrogen and oxygen atoms in total. The Bertz CT molecular complexity index is 1650. The fourth-order valence-corrected chi connectivity index (χ4v) is 4.71. The molecule has 0 radical (unpaired) electrons. The molecule has 10 heteroatoms. The van der Waals surface area contributed by atoms with Crippen LogP contribution >= 0.6 is 0 Å². The number of ether oxygens (including phenoxy) is 4. The van der Waals surface area contributed by atoms with Crippen molar-refractivity contribution in [1.29, 1.82) is 5.26 Å². The molecule has 2 aromatic carbocycles. The lowest BCUT2D eigenvalue weighted by Crippen LogP contribution is -2.30. The predicted octanol–water partition coefficient (Wildman–Crippen LogP) is 5.03. The van der Waals surface area contributed by atoms with Gasteiger partial charge in [0.05, 0.1) is 14.2 Å². The van der Waals surface area contributed by atoms with Crippen LogP contribution in [0.3, 0.4) is 0 Å². The van der Waals surface area contributed by atoms with Crippen molar-refractivity contribution in [3.63, 3.8) is 0 Å². The molecule has 0 aliphatic carbocycles. The summed E-state index contributed by atoms with van der Waals surface area (Å²) in [6, 6.07) is 21.5. The largest absolute Gasteiger partial charge is 0.481 e. The Morgan fingerprint density at radius 3 is 1.89 bits per heavy atom. The maximum absolute atomic E-state index is 11.0. The summed E-state index contributed by atoms with van der Waals surface area (Å²) in [6.45, 7) is 8.07. The number of nitrogens with one attached hydrogen (secondary N) is 2. The van der Waals surface area contributed by atoms with Gasteiger partial charge in [0.2, 0.25) is 29.4 Å². The van der Waals surface area contributed by atoms with Crippen LogP contribution in [0.5, 0.6) is 23.5 Å². The van der Waals surface area contributed by atoms with Crippen LogP contribution in [0.25, 0.3) is 11.1 Å². The second kappa shape index (κ2) is 15.4. The van der Waals surface area contributed by atoms with Gasteiger partial charge in [0, 0.05) is 44.3 Å². The average Bonchev–Trinajstić information content (AvgIpc) is 3.03. The summed E-state index contributed by atoms with van der Waals surface area (Å²) in [5, 5.41) is 15.2. The molecule has 2 N–H and O–H groups in total. The molecule has 228 valence electrons. The van der Waals surface area contributed by atoms with Gasteiger partial charge in [-0.1, -0.05) is 36.4 Å². The quantitative estimate of drug-likeness (QED) is 0.193. The molecule has 0 spiro atoms. The van der Waals surface area contributed by atoms with E-state index < -0.39 is 0 Å². The summed E-state index contributed by atoms with van der Waals surface area (Å²) in [7, 11) is 3.06. The number of carbonyl (C=O) groups excluding carboxylic acids is 1. The van der Waals surface area contributed by atoms with Crippen LogP contribution in [0, 0.1) is 25.2 Å². The van der Waals surface area contributed by atoms with Crippen molar-refractivity contribution in [2.45, 2.75) is 40.5 Å². The molecule has 0 saturated heterocycles. The van der Waals surface area contributed by atoms with Crippen molar-refractivity contribution in [1.82, 2.24) is 20.6 Å². The molecule has 0 aliphatic heterocycles. The third-order valence-electron chi connectivity index (χ3n) is 7.18. The SMILES string of the molecule is COc1nc(OCc2cccc(-c3cccc(COc4ccc(CNCCNC(C)=O)c(OC)n4)c3C)c2C)ccc1C#N. The summed E-state index contributed by atoms with van der Waals surface area (Å²) in [4.78, 5) is 19.8. The van der Waals surface area contributed by atoms with E-state index in [4.69, 9.17) is 18.9 Å². The van der Waals surface area contributed by atoms with Gasteiger partial charge in [0.1, 0.15) is 24.8 Å². The molecule has 4 aromatic rings. The Morgan fingerprint density at radius 1 is 0.773 bits per heavy atom. The first kappa shape index (κ1) is 31.8. The number of hydrogen-bond donors (Lipinski definition) is 2. The molecule has 44 heavy (non-hydrogen) atoms. The molecule has 0 aliphatic rings. The lowest BCUT2D eigenvalue weighted by atomic mass is 9.92. The molecular weight excluding hydrogens is 558 g/mol. The number of pyridine rings is 2. The Morgan fingerprint density at radius 2 is 1.34 bits per heavy atom. The van der Waals surface area contributed by atoms with Gasteiger partial charge in [-0.15, -0.1) is 0 Å². The van der Waals surface area contributed by atoms with Crippen LogP contribution in [-0.2, 0) is 24.6 Å². The zero-order valence-electron chi connectivity index (χ0n) is 25.7. The summed E-state index contributed by atoms with van der Waals surface area (Å²) in [5.74, 6) is 1.53. The Labute approximate surface area is 258 Å². The van der Waals surface area contributed by atoms with Gasteiger partial charge in [0.15, 0.2) is 0 Å². The number of aromatic nitrogens is 2. The first-order chi connectivity index (χ1) is 21.3. The zero-order valence-corrected chi connectivity index (χ0v) is 25.7. The van der Waals surface area contributed by atoms with Crippen molar-refractivity contribution in [3.05, 3.63) is 94.0 Å². The molecule has 0 atom stereocenters. The second-order valence-corrected chi connectivity index (χ2v) is 10.1. The van der Waals surface area contributed by atoms with Crippen molar-refractivity contribution < 1.29 is 23.7 Å². The number of hydrogen-bond acceptors (Lipinski definition) is 9. The van der Waals surface area contributed by atoms with Crippen LogP contribution in [0.1, 0.15) is 40.3 Å². The monoisotopic (exact) mass is 595 g/mol. The minimum absolute atomic E-state index is 0.0536. The summed E-state index contributed by atoms with van der Waals surface area (Å²) >= 11 is 0. The van der Waals surface area contributed by atoms with E-state index in [1.807, 2.05) is 30.3 Å². The van der Waals surface area contributed by atoms with Gasteiger partial charge in [0.25, 0.3) is 0 Å². The smallest absolute Gasteiger partial charge is 0.234 e. The summed E-state index contributed by atoms with van der Waals surface area (Å²) in [6.07, 6.45) is 0. The third-order valence-corrected chi connectivity index (χ3v) is 7.18. The molecule has 0 unspecified atom stereocenters. The molecular formula is C34H37N5O5. The van der Waals surface area contributed by atoms with Crippen LogP contribution in [0.15, 0.2) is 60.7 Å². The number of nitrogens with zero attached hydrogens (tertiary/aromatic N) is 3. The van der Waals surface area contributed by atoms with Gasteiger partial charge in [-0.25, -0.2) is 0 Å². The minimum atomic E-state index is -0.0536. The highest BCUT2D eigenvalue weighted by molar-refractivity contribution is 5.73. The molecule has 0 fully saturated rings. The first-order valence-electron chi connectivity index (χ1n) is 14.2. The van der Waals surface area contributed by atoms with Crippen LogP contribution in [-0.4, -0.2) is 43.2 Å². The lowest BCUT2D eigenvalue weighted by Gasteiger charge is -2.17. The Kier molecular flexibility index (Phi) is 11.1. The Hall–Kier alpha value is -5.14. The maximum Gasteiger partial charge on any atom is 0.234 e. The van der Waals surface area contributed by atoms with Crippen molar-refractivity contribution in [2.75, 3.05) is 27.3 Å². The molecule has 2 heterocycles. The first-order valence-corrected chi connectivity index (χ1v) is 14.2. The molecule has 0 bridgehead atoms. The summed E-state index contributed by atoms with van der Waals surface area (Å²) in [5.41, 5.74) is 7.74. The highest BCUT2D eigenvalue weighted by Crippen LogP contribution is 2.31. The van der Waals surface area contributed by atoms with Gasteiger partial charge < -0.3 is 29.6 Å². The fraction of sp³-hybridized carbons (Fsp3) is 0.294. The van der Waals surface area contributed by atoms with E-state index in [1.54, 1.807) is 19.2 Å². The topological polar surface area (TPSA) is 128 Å². The number of benzene rings is 2. The number of carbonyl (C=O) groups is 1. The average molecular weight is 596 g/mol.